The molecule has 0 aliphatic rings. The van der Waals surface area contributed by atoms with Crippen molar-refractivity contribution >= 4 is 38.4 Å². The summed E-state index contributed by atoms with van der Waals surface area (Å²) in [6, 6.07) is 0. The van der Waals surface area contributed by atoms with Gasteiger partial charge < -0.3 is 0 Å². The summed E-state index contributed by atoms with van der Waals surface area (Å²) in [6.07, 6.45) is 5.70. The van der Waals surface area contributed by atoms with Gasteiger partial charge in [-0.1, -0.05) is 0 Å². The molecule has 0 rings (SSSR count). The molecule has 0 aromatic carbocycles. The SMILES string of the molecule is CCC[CH2][Ti]([I])([I])[CH2]CCC. The van der Waals surface area contributed by atoms with Crippen LogP contribution in [0.1, 0.15) is 39.5 Å². The standard InChI is InChI=1S/2C4H9.2HI.Ti/c2*1-3-4-2;;;/h2*1,3-4H2,2H3;2*1H;/q;;;;+2/p-2. The van der Waals surface area contributed by atoms with Crippen molar-refractivity contribution in [3.05, 3.63) is 0 Å². The third kappa shape index (κ3) is 8.50. The molecule has 0 spiro atoms. The second-order valence-corrected chi connectivity index (χ2v) is 32.8. The zero-order valence-electron chi connectivity index (χ0n) is 7.50. The van der Waals surface area contributed by atoms with Gasteiger partial charge in [-0.05, 0) is 0 Å². The van der Waals surface area contributed by atoms with Crippen LogP contribution in [0.2, 0.25) is 9.45 Å². The average molecular weight is 416 g/mol. The van der Waals surface area contributed by atoms with Gasteiger partial charge in [-0.15, -0.1) is 0 Å². The van der Waals surface area contributed by atoms with Crippen molar-refractivity contribution in [1.29, 1.82) is 0 Å². The molecule has 0 fully saturated rings. The van der Waals surface area contributed by atoms with E-state index in [1.807, 2.05) is 0 Å². The van der Waals surface area contributed by atoms with Gasteiger partial charge in [0, 0.05) is 0 Å². The van der Waals surface area contributed by atoms with E-state index in [1.54, 1.807) is 9.45 Å². The van der Waals surface area contributed by atoms with E-state index in [-0.39, 0.29) is 0 Å². The van der Waals surface area contributed by atoms with E-state index in [2.05, 4.69) is 52.2 Å². The monoisotopic (exact) mass is 416 g/mol. The topological polar surface area (TPSA) is 0 Å². The molecule has 0 aliphatic heterocycles. The van der Waals surface area contributed by atoms with Crippen LogP contribution in [-0.2, 0) is 9.09 Å². The van der Waals surface area contributed by atoms with Crippen molar-refractivity contribution in [2.45, 2.75) is 49.0 Å². The molecule has 0 nitrogen and oxygen atoms in total. The van der Waals surface area contributed by atoms with Gasteiger partial charge in [0.05, 0.1) is 0 Å². The quantitative estimate of drug-likeness (QED) is 0.409. The Hall–Kier alpha value is 2.17. The normalized spacial score (nSPS) is 12.0. The summed E-state index contributed by atoms with van der Waals surface area (Å²) in [5.74, 6) is 0. The zero-order chi connectivity index (χ0) is 8.74. The minimum absolute atomic E-state index is 1.28. The fourth-order valence-electron chi connectivity index (χ4n) is 0.996. The number of hydrogen-bond acceptors (Lipinski definition) is 0. The molecule has 0 radical (unpaired) electrons. The molecule has 0 unspecified atom stereocenters. The van der Waals surface area contributed by atoms with E-state index >= 15 is 0 Å². The number of unbranched alkanes of at least 4 members (excludes halogenated alkanes) is 2. The van der Waals surface area contributed by atoms with E-state index in [0.29, 0.717) is 0 Å². The van der Waals surface area contributed by atoms with Crippen LogP contribution in [0.25, 0.3) is 0 Å². The number of hydrogen-bond donors (Lipinski definition) is 0. The Kier molecular flexibility index (Phi) is 9.06. The molecular weight excluding hydrogens is 398 g/mol. The third-order valence-corrected chi connectivity index (χ3v) is 14.1. The molecule has 3 heteroatoms. The fraction of sp³-hybridized carbons (Fsp3) is 1.00. The van der Waals surface area contributed by atoms with Crippen molar-refractivity contribution in [2.24, 2.45) is 0 Å². The van der Waals surface area contributed by atoms with Gasteiger partial charge in [0.15, 0.2) is 0 Å². The van der Waals surface area contributed by atoms with Gasteiger partial charge in [0.1, 0.15) is 0 Å². The van der Waals surface area contributed by atoms with E-state index in [1.165, 1.54) is 25.7 Å². The predicted molar refractivity (Wildman–Crippen MR) is 67.5 cm³/mol. The maximum atomic E-state index is 2.80. The van der Waals surface area contributed by atoms with Crippen LogP contribution in [0.3, 0.4) is 0 Å². The van der Waals surface area contributed by atoms with E-state index < -0.39 is 9.09 Å². The summed E-state index contributed by atoms with van der Waals surface area (Å²) in [7, 11) is -1.28. The van der Waals surface area contributed by atoms with E-state index in [0.717, 1.165) is 0 Å². The van der Waals surface area contributed by atoms with Gasteiger partial charge in [-0.2, -0.15) is 0 Å². The molecule has 0 saturated heterocycles. The van der Waals surface area contributed by atoms with Crippen LogP contribution in [0, 0.1) is 0 Å². The van der Waals surface area contributed by atoms with Crippen LogP contribution >= 0.6 is 38.4 Å². The van der Waals surface area contributed by atoms with Gasteiger partial charge in [0.2, 0.25) is 0 Å². The Morgan fingerprint density at radius 3 is 1.55 bits per heavy atom. The molecule has 0 N–H and O–H groups in total. The molecule has 0 amide bonds. The van der Waals surface area contributed by atoms with Crippen molar-refractivity contribution in [3.8, 4) is 0 Å². The van der Waals surface area contributed by atoms with Crippen LogP contribution in [-0.4, -0.2) is 0 Å². The summed E-state index contributed by atoms with van der Waals surface area (Å²) in [5, 5.41) is 0. The first-order valence-electron chi connectivity index (χ1n) is 4.50. The first-order chi connectivity index (χ1) is 5.12. The Morgan fingerprint density at radius 1 is 0.909 bits per heavy atom. The van der Waals surface area contributed by atoms with Crippen LogP contribution < -0.4 is 0 Å². The summed E-state index contributed by atoms with van der Waals surface area (Å²) in [6.45, 7) is 4.59. The van der Waals surface area contributed by atoms with Gasteiger partial charge in [-0.25, -0.2) is 0 Å². The van der Waals surface area contributed by atoms with E-state index in [4.69, 9.17) is 0 Å². The third-order valence-electron chi connectivity index (χ3n) is 1.79. The molecule has 0 aromatic rings. The van der Waals surface area contributed by atoms with Crippen molar-refractivity contribution in [2.75, 3.05) is 0 Å². The summed E-state index contributed by atoms with van der Waals surface area (Å²) in [4.78, 5) is 0. The summed E-state index contributed by atoms with van der Waals surface area (Å²) >= 11 is 5.59. The number of halogens is 2. The van der Waals surface area contributed by atoms with Crippen LogP contribution in [0.5, 0.6) is 0 Å². The Bertz CT molecular complexity index is 84.1. The van der Waals surface area contributed by atoms with Crippen LogP contribution in [0.4, 0.5) is 0 Å². The molecule has 0 bridgehead atoms. The zero-order valence-corrected chi connectivity index (χ0v) is 13.4. The maximum absolute atomic E-state index is 2.80. The number of rotatable bonds is 6. The molecule has 0 heterocycles. The predicted octanol–water partition coefficient (Wildman–Crippen LogP) is 5.28. The van der Waals surface area contributed by atoms with Crippen molar-refractivity contribution in [3.63, 3.8) is 0 Å². The molecule has 11 heavy (non-hydrogen) atoms. The Balaban J connectivity index is 3.43. The molecule has 68 valence electrons. The van der Waals surface area contributed by atoms with Crippen molar-refractivity contribution in [1.82, 2.24) is 0 Å². The second kappa shape index (κ2) is 7.57. The Labute approximate surface area is 95.0 Å². The van der Waals surface area contributed by atoms with Crippen molar-refractivity contribution < 1.29 is 9.09 Å². The fourth-order valence-corrected chi connectivity index (χ4v) is 10.4. The van der Waals surface area contributed by atoms with E-state index in [9.17, 15) is 0 Å². The summed E-state index contributed by atoms with van der Waals surface area (Å²) in [5.41, 5.74) is 0. The van der Waals surface area contributed by atoms with Gasteiger partial charge >= 0.3 is 96.5 Å². The summed E-state index contributed by atoms with van der Waals surface area (Å²) < 4.78 is 3.13. The molecule has 0 aliphatic carbocycles. The van der Waals surface area contributed by atoms with Gasteiger partial charge in [0.25, 0.3) is 0 Å². The first kappa shape index (κ1) is 13.2. The van der Waals surface area contributed by atoms with Crippen LogP contribution in [0.15, 0.2) is 0 Å². The second-order valence-electron chi connectivity index (χ2n) is 3.06. The average Bonchev–Trinajstić information content (AvgIpc) is 1.97. The molecule has 0 aromatic heterocycles. The van der Waals surface area contributed by atoms with Gasteiger partial charge in [-0.3, -0.25) is 0 Å². The first-order valence-corrected chi connectivity index (χ1v) is 16.8. The Morgan fingerprint density at radius 2 is 1.27 bits per heavy atom. The minimum atomic E-state index is -1.28. The molecular formula is C8H18I2Ti. The molecule has 0 atom stereocenters. The molecule has 0 saturated carbocycles.